The summed E-state index contributed by atoms with van der Waals surface area (Å²) in [6.45, 7) is 2.21. The Bertz CT molecular complexity index is 447. The third-order valence-corrected chi connectivity index (χ3v) is 3.11. The van der Waals surface area contributed by atoms with E-state index in [1.54, 1.807) is 24.3 Å². The Morgan fingerprint density at radius 3 is 2.83 bits per heavy atom. The highest BCUT2D eigenvalue weighted by atomic mass is 16.6. The lowest BCUT2D eigenvalue weighted by atomic mass is 10.0. The molecule has 0 N–H and O–H groups in total. The number of benzene rings is 1. The first-order chi connectivity index (χ1) is 8.70. The van der Waals surface area contributed by atoms with Crippen molar-refractivity contribution in [2.24, 2.45) is 5.92 Å². The van der Waals surface area contributed by atoms with Crippen molar-refractivity contribution in [1.29, 1.82) is 0 Å². The minimum Gasteiger partial charge on any atom is -0.459 e. The van der Waals surface area contributed by atoms with Crippen LogP contribution in [-0.2, 0) is 9.47 Å². The fraction of sp³-hybridized carbons (Fsp3) is 0.400. The van der Waals surface area contributed by atoms with Crippen molar-refractivity contribution >= 4 is 5.97 Å². The lowest BCUT2D eigenvalue weighted by molar-refractivity contribution is -0.00421. The van der Waals surface area contributed by atoms with Crippen molar-refractivity contribution in [2.75, 3.05) is 6.61 Å². The molecule has 3 atom stereocenters. The van der Waals surface area contributed by atoms with Gasteiger partial charge < -0.3 is 9.47 Å². The van der Waals surface area contributed by atoms with E-state index in [0.717, 1.165) is 6.42 Å². The molecule has 1 aromatic rings. The van der Waals surface area contributed by atoms with Crippen molar-refractivity contribution in [1.82, 2.24) is 0 Å². The molecule has 1 saturated heterocycles. The van der Waals surface area contributed by atoms with Crippen LogP contribution in [0.5, 0.6) is 0 Å². The van der Waals surface area contributed by atoms with Crippen molar-refractivity contribution in [3.05, 3.63) is 35.9 Å². The van der Waals surface area contributed by atoms with E-state index in [9.17, 15) is 4.79 Å². The summed E-state index contributed by atoms with van der Waals surface area (Å²) in [6, 6.07) is 8.92. The molecule has 3 heteroatoms. The number of ether oxygens (including phenoxy) is 2. The molecule has 18 heavy (non-hydrogen) atoms. The number of terminal acetylenes is 1. The third kappa shape index (κ3) is 2.91. The molecule has 1 aliphatic heterocycles. The zero-order valence-electron chi connectivity index (χ0n) is 10.3. The van der Waals surface area contributed by atoms with Crippen LogP contribution in [0.4, 0.5) is 0 Å². The highest BCUT2D eigenvalue weighted by Gasteiger charge is 2.31. The van der Waals surface area contributed by atoms with Crippen LogP contribution in [0.2, 0.25) is 0 Å². The van der Waals surface area contributed by atoms with Crippen molar-refractivity contribution in [2.45, 2.75) is 25.6 Å². The Labute approximate surface area is 107 Å². The van der Waals surface area contributed by atoms with Gasteiger partial charge in [0.2, 0.25) is 0 Å². The maximum atomic E-state index is 11.7. The summed E-state index contributed by atoms with van der Waals surface area (Å²) in [6.07, 6.45) is 6.09. The molecule has 1 fully saturated rings. The van der Waals surface area contributed by atoms with Gasteiger partial charge in [-0.25, -0.2) is 4.79 Å². The van der Waals surface area contributed by atoms with E-state index in [2.05, 4.69) is 5.92 Å². The van der Waals surface area contributed by atoms with Gasteiger partial charge in [0.15, 0.2) is 0 Å². The summed E-state index contributed by atoms with van der Waals surface area (Å²) in [4.78, 5) is 11.7. The van der Waals surface area contributed by atoms with Gasteiger partial charge in [-0.3, -0.25) is 0 Å². The Balaban J connectivity index is 1.83. The molecule has 0 spiro atoms. The molecular weight excluding hydrogens is 228 g/mol. The molecule has 1 aromatic carbocycles. The molecule has 0 aromatic heterocycles. The van der Waals surface area contributed by atoms with E-state index in [4.69, 9.17) is 15.9 Å². The molecule has 0 bridgehead atoms. The highest BCUT2D eigenvalue weighted by molar-refractivity contribution is 5.89. The van der Waals surface area contributed by atoms with Gasteiger partial charge in [0.05, 0.1) is 17.8 Å². The second kappa shape index (κ2) is 5.70. The fourth-order valence-corrected chi connectivity index (χ4v) is 2.07. The topological polar surface area (TPSA) is 35.5 Å². The zero-order chi connectivity index (χ0) is 13.0. The van der Waals surface area contributed by atoms with Gasteiger partial charge in [-0.15, -0.1) is 12.3 Å². The molecule has 0 radical (unpaired) electrons. The summed E-state index contributed by atoms with van der Waals surface area (Å²) in [5.74, 6) is 2.49. The fourth-order valence-electron chi connectivity index (χ4n) is 2.07. The number of hydrogen-bond donors (Lipinski definition) is 0. The molecule has 0 saturated carbocycles. The van der Waals surface area contributed by atoms with Crippen molar-refractivity contribution in [3.63, 3.8) is 0 Å². The van der Waals surface area contributed by atoms with E-state index in [0.29, 0.717) is 5.56 Å². The van der Waals surface area contributed by atoms with Crippen LogP contribution < -0.4 is 0 Å². The van der Waals surface area contributed by atoms with E-state index >= 15 is 0 Å². The number of hydrogen-bond acceptors (Lipinski definition) is 3. The monoisotopic (exact) mass is 244 g/mol. The minimum absolute atomic E-state index is 0.0374. The summed E-state index contributed by atoms with van der Waals surface area (Å²) >= 11 is 0. The van der Waals surface area contributed by atoms with Crippen LogP contribution in [0, 0.1) is 18.3 Å². The third-order valence-electron chi connectivity index (χ3n) is 3.11. The van der Waals surface area contributed by atoms with E-state index in [1.807, 2.05) is 13.0 Å². The van der Waals surface area contributed by atoms with Gasteiger partial charge in [0.1, 0.15) is 6.61 Å². The maximum Gasteiger partial charge on any atom is 0.338 e. The average Bonchev–Trinajstić information content (AvgIpc) is 2.77. The maximum absolute atomic E-state index is 11.7. The van der Waals surface area contributed by atoms with Crippen LogP contribution in [0.3, 0.4) is 0 Å². The molecule has 2 rings (SSSR count). The smallest absolute Gasteiger partial charge is 0.338 e. The number of esters is 1. The molecule has 0 aliphatic carbocycles. The second-order valence-corrected chi connectivity index (χ2v) is 4.44. The SMILES string of the molecule is C#C[C@H]1CC(COC(=O)c2ccccc2)OC1C. The van der Waals surface area contributed by atoms with Gasteiger partial charge in [0, 0.05) is 5.92 Å². The Morgan fingerprint density at radius 1 is 1.50 bits per heavy atom. The number of carbonyl (C=O) groups is 1. The van der Waals surface area contributed by atoms with E-state index < -0.39 is 0 Å². The average molecular weight is 244 g/mol. The zero-order valence-corrected chi connectivity index (χ0v) is 10.3. The van der Waals surface area contributed by atoms with Crippen LogP contribution in [-0.4, -0.2) is 24.8 Å². The lowest BCUT2D eigenvalue weighted by Crippen LogP contribution is -2.19. The molecule has 1 aliphatic rings. The summed E-state index contributed by atoms with van der Waals surface area (Å²) in [5, 5.41) is 0. The van der Waals surface area contributed by atoms with Gasteiger partial charge in [-0.1, -0.05) is 18.2 Å². The molecule has 94 valence electrons. The van der Waals surface area contributed by atoms with Gasteiger partial charge in [0.25, 0.3) is 0 Å². The van der Waals surface area contributed by atoms with E-state index in [-0.39, 0.29) is 30.7 Å². The normalized spacial score (nSPS) is 26.6. The molecule has 2 unspecified atom stereocenters. The lowest BCUT2D eigenvalue weighted by Gasteiger charge is -2.11. The molecule has 1 heterocycles. The van der Waals surface area contributed by atoms with Crippen molar-refractivity contribution in [3.8, 4) is 12.3 Å². The second-order valence-electron chi connectivity index (χ2n) is 4.44. The quantitative estimate of drug-likeness (QED) is 0.604. The predicted molar refractivity (Wildman–Crippen MR) is 68.0 cm³/mol. The van der Waals surface area contributed by atoms with E-state index in [1.165, 1.54) is 0 Å². The largest absolute Gasteiger partial charge is 0.459 e. The first kappa shape index (κ1) is 12.7. The summed E-state index contributed by atoms with van der Waals surface area (Å²) in [5.41, 5.74) is 0.553. The van der Waals surface area contributed by atoms with Crippen LogP contribution in [0.1, 0.15) is 23.7 Å². The number of carbonyl (C=O) groups excluding carboxylic acids is 1. The van der Waals surface area contributed by atoms with Gasteiger partial charge >= 0.3 is 5.97 Å². The Hall–Kier alpha value is -1.79. The highest BCUT2D eigenvalue weighted by Crippen LogP contribution is 2.25. The Kier molecular flexibility index (Phi) is 4.01. The predicted octanol–water partition coefficient (Wildman–Crippen LogP) is 2.27. The minimum atomic E-state index is -0.323. The molecule has 3 nitrogen and oxygen atoms in total. The molecular formula is C15H16O3. The summed E-state index contributed by atoms with van der Waals surface area (Å²) < 4.78 is 10.9. The van der Waals surface area contributed by atoms with Crippen molar-refractivity contribution < 1.29 is 14.3 Å². The first-order valence-corrected chi connectivity index (χ1v) is 6.04. The van der Waals surface area contributed by atoms with Crippen LogP contribution in [0.15, 0.2) is 30.3 Å². The van der Waals surface area contributed by atoms with Gasteiger partial charge in [-0.05, 0) is 25.5 Å². The summed E-state index contributed by atoms with van der Waals surface area (Å²) in [7, 11) is 0. The van der Waals surface area contributed by atoms with Crippen LogP contribution in [0.25, 0.3) is 0 Å². The van der Waals surface area contributed by atoms with Gasteiger partial charge in [-0.2, -0.15) is 0 Å². The standard InChI is InChI=1S/C15H16O3/c1-3-12-9-14(18-11(12)2)10-17-15(16)13-7-5-4-6-8-13/h1,4-8,11-12,14H,9-10H2,2H3/t11?,12-,14?/m0/s1. The molecule has 0 amide bonds. The first-order valence-electron chi connectivity index (χ1n) is 6.04. The number of rotatable bonds is 3. The Morgan fingerprint density at radius 2 is 2.22 bits per heavy atom. The van der Waals surface area contributed by atoms with Crippen LogP contribution >= 0.6 is 0 Å².